The Balaban J connectivity index is 1.56. The van der Waals surface area contributed by atoms with E-state index in [0.717, 1.165) is 10.0 Å². The first-order chi connectivity index (χ1) is 17.3. The number of amides is 2. The molecule has 3 aromatic carbocycles. The van der Waals surface area contributed by atoms with Crippen LogP contribution in [0.5, 0.6) is 0 Å². The highest BCUT2D eigenvalue weighted by atomic mass is 79.9. The van der Waals surface area contributed by atoms with E-state index < -0.39 is 22.3 Å². The summed E-state index contributed by atoms with van der Waals surface area (Å²) in [5, 5.41) is 25.2. The van der Waals surface area contributed by atoms with Crippen molar-refractivity contribution in [2.24, 2.45) is 0 Å². The van der Waals surface area contributed by atoms with E-state index >= 15 is 0 Å². The molecule has 0 aromatic heterocycles. The van der Waals surface area contributed by atoms with Crippen LogP contribution in [0, 0.1) is 10.1 Å². The molecule has 3 aromatic rings. The summed E-state index contributed by atoms with van der Waals surface area (Å²) in [5.74, 6) is -1.18. The molecular formula is C27H24BrN3O5. The Labute approximate surface area is 216 Å². The number of hydrogen-bond donors (Lipinski definition) is 2. The van der Waals surface area contributed by atoms with Gasteiger partial charge in [0.2, 0.25) is 0 Å². The molecule has 1 aliphatic heterocycles. The molecule has 0 spiro atoms. The Morgan fingerprint density at radius 1 is 0.972 bits per heavy atom. The maximum absolute atomic E-state index is 13.5. The monoisotopic (exact) mass is 549 g/mol. The summed E-state index contributed by atoms with van der Waals surface area (Å²) < 4.78 is 0.910. The lowest BCUT2D eigenvalue weighted by molar-refractivity contribution is -0.385. The molecule has 184 valence electrons. The van der Waals surface area contributed by atoms with Crippen LogP contribution in [0.4, 0.5) is 5.69 Å². The van der Waals surface area contributed by atoms with Gasteiger partial charge in [-0.25, -0.2) is 0 Å². The largest absolute Gasteiger partial charge is 0.385 e. The van der Waals surface area contributed by atoms with Gasteiger partial charge in [0.25, 0.3) is 17.5 Å². The molecule has 0 unspecified atom stereocenters. The molecule has 0 aliphatic carbocycles. The van der Waals surface area contributed by atoms with Crippen molar-refractivity contribution in [3.05, 3.63) is 116 Å². The minimum Gasteiger partial charge on any atom is -0.385 e. The maximum Gasteiger partial charge on any atom is 0.282 e. The number of para-hydroxylation sites is 1. The minimum atomic E-state index is -1.06. The van der Waals surface area contributed by atoms with Gasteiger partial charge in [-0.15, -0.1) is 0 Å². The standard InChI is InChI=1S/C27H24BrN3O5/c28-21-12-10-20(11-13-21)27(34)14-16-30(17-15-27)26(33)23(18-19-6-2-1-3-7-19)29-25(32)22-8-4-5-9-24(22)31(35)36/h1-13,18,34H,14-17H2,(H,29,32)/b23-18-. The van der Waals surface area contributed by atoms with Gasteiger partial charge in [0, 0.05) is 23.6 Å². The molecule has 1 saturated heterocycles. The van der Waals surface area contributed by atoms with Crippen molar-refractivity contribution in [3.63, 3.8) is 0 Å². The normalized spacial score (nSPS) is 15.3. The number of rotatable bonds is 6. The molecule has 8 nitrogen and oxygen atoms in total. The summed E-state index contributed by atoms with van der Waals surface area (Å²) in [6.07, 6.45) is 2.21. The predicted molar refractivity (Wildman–Crippen MR) is 139 cm³/mol. The Hall–Kier alpha value is -3.82. The van der Waals surface area contributed by atoms with Crippen LogP contribution >= 0.6 is 15.9 Å². The van der Waals surface area contributed by atoms with Gasteiger partial charge in [-0.2, -0.15) is 0 Å². The molecule has 1 heterocycles. The minimum absolute atomic E-state index is 0.00145. The van der Waals surface area contributed by atoms with Crippen molar-refractivity contribution in [1.82, 2.24) is 10.2 Å². The third-order valence-corrected chi connectivity index (χ3v) is 6.72. The molecule has 1 fully saturated rings. The predicted octanol–water partition coefficient (Wildman–Crippen LogP) is 4.64. The molecule has 0 bridgehead atoms. The first kappa shape index (κ1) is 25.3. The molecule has 2 amide bonds. The lowest BCUT2D eigenvalue weighted by Crippen LogP contribution is -2.47. The summed E-state index contributed by atoms with van der Waals surface area (Å²) in [4.78, 5) is 38.8. The van der Waals surface area contributed by atoms with Crippen LogP contribution in [0.3, 0.4) is 0 Å². The maximum atomic E-state index is 13.5. The van der Waals surface area contributed by atoms with Crippen LogP contribution in [-0.4, -0.2) is 39.8 Å². The molecule has 9 heteroatoms. The van der Waals surface area contributed by atoms with Crippen LogP contribution < -0.4 is 5.32 Å². The highest BCUT2D eigenvalue weighted by Crippen LogP contribution is 2.34. The topological polar surface area (TPSA) is 113 Å². The summed E-state index contributed by atoms with van der Waals surface area (Å²) in [6, 6.07) is 22.0. The van der Waals surface area contributed by atoms with Gasteiger partial charge in [0.15, 0.2) is 0 Å². The van der Waals surface area contributed by atoms with Crippen molar-refractivity contribution >= 4 is 39.5 Å². The van der Waals surface area contributed by atoms with E-state index in [0.29, 0.717) is 18.4 Å². The van der Waals surface area contributed by atoms with Crippen LogP contribution in [0.25, 0.3) is 6.08 Å². The van der Waals surface area contributed by atoms with Crippen LogP contribution in [0.2, 0.25) is 0 Å². The molecule has 0 saturated carbocycles. The summed E-state index contributed by atoms with van der Waals surface area (Å²) in [6.45, 7) is 0.553. The zero-order chi connectivity index (χ0) is 25.7. The lowest BCUT2D eigenvalue weighted by atomic mass is 9.84. The van der Waals surface area contributed by atoms with Gasteiger partial charge in [-0.1, -0.05) is 70.5 Å². The number of benzene rings is 3. The number of carbonyl (C=O) groups is 2. The van der Waals surface area contributed by atoms with Crippen molar-refractivity contribution in [2.75, 3.05) is 13.1 Å². The number of aliphatic hydroxyl groups is 1. The number of carbonyl (C=O) groups excluding carboxylic acids is 2. The second-order valence-electron chi connectivity index (χ2n) is 8.53. The third-order valence-electron chi connectivity index (χ3n) is 6.19. The molecule has 1 aliphatic rings. The number of nitro benzene ring substituents is 1. The van der Waals surface area contributed by atoms with Gasteiger partial charge in [-0.3, -0.25) is 19.7 Å². The van der Waals surface area contributed by atoms with Gasteiger partial charge >= 0.3 is 0 Å². The van der Waals surface area contributed by atoms with E-state index in [-0.39, 0.29) is 30.0 Å². The Morgan fingerprint density at radius 2 is 1.58 bits per heavy atom. The van der Waals surface area contributed by atoms with E-state index in [1.165, 1.54) is 24.3 Å². The van der Waals surface area contributed by atoms with E-state index in [1.54, 1.807) is 35.2 Å². The molecular weight excluding hydrogens is 526 g/mol. The second kappa shape index (κ2) is 10.8. The average Bonchev–Trinajstić information content (AvgIpc) is 2.89. The van der Waals surface area contributed by atoms with E-state index in [1.807, 2.05) is 30.3 Å². The lowest BCUT2D eigenvalue weighted by Gasteiger charge is -2.38. The average molecular weight is 550 g/mol. The van der Waals surface area contributed by atoms with E-state index in [9.17, 15) is 24.8 Å². The van der Waals surface area contributed by atoms with E-state index in [4.69, 9.17) is 0 Å². The first-order valence-electron chi connectivity index (χ1n) is 11.4. The molecule has 0 radical (unpaired) electrons. The fourth-order valence-corrected chi connectivity index (χ4v) is 4.44. The van der Waals surface area contributed by atoms with Gasteiger partial charge < -0.3 is 15.3 Å². The highest BCUT2D eigenvalue weighted by molar-refractivity contribution is 9.10. The smallest absolute Gasteiger partial charge is 0.282 e. The molecule has 2 N–H and O–H groups in total. The van der Waals surface area contributed by atoms with E-state index in [2.05, 4.69) is 21.2 Å². The number of hydrogen-bond acceptors (Lipinski definition) is 5. The Bertz CT molecular complexity index is 1300. The van der Waals surface area contributed by atoms with Crippen LogP contribution in [-0.2, 0) is 10.4 Å². The number of piperidine rings is 1. The number of nitro groups is 1. The molecule has 36 heavy (non-hydrogen) atoms. The summed E-state index contributed by atoms with van der Waals surface area (Å²) in [5.41, 5.74) is -0.0843. The number of nitrogens with zero attached hydrogens (tertiary/aromatic N) is 2. The van der Waals surface area contributed by atoms with Crippen LogP contribution in [0.15, 0.2) is 89.0 Å². The van der Waals surface area contributed by atoms with Crippen molar-refractivity contribution in [2.45, 2.75) is 18.4 Å². The quantitative estimate of drug-likeness (QED) is 0.264. The van der Waals surface area contributed by atoms with Crippen molar-refractivity contribution in [3.8, 4) is 0 Å². The first-order valence-corrected chi connectivity index (χ1v) is 12.2. The number of likely N-dealkylation sites (tertiary alicyclic amines) is 1. The Kier molecular flexibility index (Phi) is 7.61. The van der Waals surface area contributed by atoms with Crippen molar-refractivity contribution < 1.29 is 19.6 Å². The highest BCUT2D eigenvalue weighted by Gasteiger charge is 2.36. The zero-order valence-electron chi connectivity index (χ0n) is 19.3. The molecule has 4 rings (SSSR count). The summed E-state index contributed by atoms with van der Waals surface area (Å²) >= 11 is 3.39. The van der Waals surface area contributed by atoms with Crippen molar-refractivity contribution in [1.29, 1.82) is 0 Å². The third kappa shape index (κ3) is 5.69. The fraction of sp³-hybridized carbons (Fsp3) is 0.185. The van der Waals surface area contributed by atoms with Gasteiger partial charge in [-0.05, 0) is 48.2 Å². The SMILES string of the molecule is O=C(N/C(=C\c1ccccc1)C(=O)N1CCC(O)(c2ccc(Br)cc2)CC1)c1ccccc1[N+](=O)[O-]. The van der Waals surface area contributed by atoms with Crippen LogP contribution in [0.1, 0.15) is 34.3 Å². The number of halogens is 1. The fourth-order valence-electron chi connectivity index (χ4n) is 4.18. The van der Waals surface area contributed by atoms with Gasteiger partial charge in [0.1, 0.15) is 11.3 Å². The number of nitrogens with one attached hydrogen (secondary N) is 1. The Morgan fingerprint density at radius 3 is 2.22 bits per heavy atom. The zero-order valence-corrected chi connectivity index (χ0v) is 20.8. The summed E-state index contributed by atoms with van der Waals surface area (Å²) in [7, 11) is 0. The second-order valence-corrected chi connectivity index (χ2v) is 9.44. The molecule has 0 atom stereocenters. The van der Waals surface area contributed by atoms with Gasteiger partial charge in [0.05, 0.1) is 10.5 Å².